The molecule has 0 saturated heterocycles. The summed E-state index contributed by atoms with van der Waals surface area (Å²) in [5, 5.41) is 0.704. The summed E-state index contributed by atoms with van der Waals surface area (Å²) in [6, 6.07) is 0. The molecule has 1 aromatic rings. The topological polar surface area (TPSA) is 55.2 Å². The average Bonchev–Trinajstić information content (AvgIpc) is 2.66. The van der Waals surface area contributed by atoms with Crippen molar-refractivity contribution in [3.8, 4) is 0 Å². The molecule has 1 aromatic heterocycles. The van der Waals surface area contributed by atoms with Crippen molar-refractivity contribution < 1.29 is 4.79 Å². The van der Waals surface area contributed by atoms with Gasteiger partial charge >= 0.3 is 0 Å². The van der Waals surface area contributed by atoms with Crippen LogP contribution in [0.1, 0.15) is 10.4 Å². The maximum absolute atomic E-state index is 11.9. The fraction of sp³-hybridized carbons (Fsp3) is 0.444. The second-order valence-electron chi connectivity index (χ2n) is 3.46. The maximum atomic E-state index is 11.9. The summed E-state index contributed by atoms with van der Waals surface area (Å²) >= 11 is 1.54. The van der Waals surface area contributed by atoms with Gasteiger partial charge in [0, 0.05) is 32.6 Å². The summed E-state index contributed by atoms with van der Waals surface area (Å²) in [7, 11) is 3.24. The van der Waals surface area contributed by atoms with Crippen molar-refractivity contribution in [1.82, 2.24) is 14.5 Å². The van der Waals surface area contributed by atoms with Crippen LogP contribution < -0.4 is 5.56 Å². The first-order valence-corrected chi connectivity index (χ1v) is 5.54. The Balaban J connectivity index is 2.52. The molecule has 2 rings (SSSR count). The van der Waals surface area contributed by atoms with Crippen molar-refractivity contribution in [2.24, 2.45) is 0 Å². The smallest absolute Gasteiger partial charge is 0.267 e. The highest BCUT2D eigenvalue weighted by atomic mass is 32.2. The van der Waals surface area contributed by atoms with Gasteiger partial charge in [-0.1, -0.05) is 11.8 Å². The average molecular weight is 225 g/mol. The number of amides is 1. The fourth-order valence-electron chi connectivity index (χ4n) is 1.41. The van der Waals surface area contributed by atoms with E-state index in [1.807, 2.05) is 0 Å². The Morgan fingerprint density at radius 3 is 3.00 bits per heavy atom. The zero-order valence-electron chi connectivity index (χ0n) is 8.56. The lowest BCUT2D eigenvalue weighted by Gasteiger charge is -2.10. The third-order valence-corrected chi connectivity index (χ3v) is 3.16. The molecule has 80 valence electrons. The molecule has 1 amide bonds. The zero-order valence-corrected chi connectivity index (χ0v) is 9.37. The molecule has 0 atom stereocenters. The first-order valence-electron chi connectivity index (χ1n) is 4.55. The van der Waals surface area contributed by atoms with Gasteiger partial charge in [0.1, 0.15) is 5.56 Å². The van der Waals surface area contributed by atoms with Gasteiger partial charge in [-0.3, -0.25) is 14.2 Å². The first-order chi connectivity index (χ1) is 7.11. The number of aromatic nitrogens is 2. The van der Waals surface area contributed by atoms with Crippen LogP contribution in [-0.2, 0) is 6.54 Å². The van der Waals surface area contributed by atoms with Crippen molar-refractivity contribution in [3.05, 3.63) is 22.1 Å². The zero-order chi connectivity index (χ0) is 11.0. The number of thioether (sulfide) groups is 1. The van der Waals surface area contributed by atoms with Crippen LogP contribution in [0.2, 0.25) is 0 Å². The highest BCUT2D eigenvalue weighted by Crippen LogP contribution is 2.20. The predicted octanol–water partition coefficient (Wildman–Crippen LogP) is 0.0508. The normalized spacial score (nSPS) is 13.7. The molecule has 0 spiro atoms. The third-order valence-electron chi connectivity index (χ3n) is 2.19. The van der Waals surface area contributed by atoms with E-state index in [0.717, 1.165) is 5.75 Å². The van der Waals surface area contributed by atoms with Crippen molar-refractivity contribution >= 4 is 17.7 Å². The molecule has 0 N–H and O–H groups in total. The minimum atomic E-state index is -0.292. The predicted molar refractivity (Wildman–Crippen MR) is 57.2 cm³/mol. The summed E-state index contributed by atoms with van der Waals surface area (Å²) in [6.45, 7) is 0.639. The Bertz CT molecular complexity index is 467. The first kappa shape index (κ1) is 10.2. The maximum Gasteiger partial charge on any atom is 0.267 e. The molecule has 6 heteroatoms. The van der Waals surface area contributed by atoms with Crippen LogP contribution >= 0.6 is 11.8 Å². The van der Waals surface area contributed by atoms with Crippen LogP contribution in [-0.4, -0.2) is 40.2 Å². The summed E-state index contributed by atoms with van der Waals surface area (Å²) in [4.78, 5) is 29.0. The van der Waals surface area contributed by atoms with E-state index < -0.39 is 0 Å². The summed E-state index contributed by atoms with van der Waals surface area (Å²) in [5.41, 5.74) is -0.0880. The van der Waals surface area contributed by atoms with Crippen molar-refractivity contribution in [3.63, 3.8) is 0 Å². The van der Waals surface area contributed by atoms with Crippen molar-refractivity contribution in [1.29, 1.82) is 0 Å². The van der Waals surface area contributed by atoms with E-state index in [2.05, 4.69) is 4.98 Å². The molecule has 2 heterocycles. The second kappa shape index (κ2) is 3.69. The van der Waals surface area contributed by atoms with Crippen LogP contribution in [0.3, 0.4) is 0 Å². The molecule has 15 heavy (non-hydrogen) atoms. The van der Waals surface area contributed by atoms with Crippen molar-refractivity contribution in [2.75, 3.05) is 19.8 Å². The van der Waals surface area contributed by atoms with Gasteiger partial charge in [0.25, 0.3) is 11.5 Å². The van der Waals surface area contributed by atoms with Gasteiger partial charge in [0.2, 0.25) is 0 Å². The van der Waals surface area contributed by atoms with Crippen LogP contribution in [0.4, 0.5) is 0 Å². The lowest BCUT2D eigenvalue weighted by molar-refractivity contribution is 0.0824. The Hall–Kier alpha value is -1.30. The van der Waals surface area contributed by atoms with E-state index in [1.54, 1.807) is 18.7 Å². The highest BCUT2D eigenvalue weighted by molar-refractivity contribution is 7.99. The van der Waals surface area contributed by atoms with E-state index in [4.69, 9.17) is 0 Å². The monoisotopic (exact) mass is 225 g/mol. The van der Waals surface area contributed by atoms with Gasteiger partial charge in [0.05, 0.1) is 0 Å². The van der Waals surface area contributed by atoms with Crippen LogP contribution in [0.25, 0.3) is 0 Å². The quantitative estimate of drug-likeness (QED) is 0.634. The minimum Gasteiger partial charge on any atom is -0.345 e. The van der Waals surface area contributed by atoms with E-state index in [-0.39, 0.29) is 17.0 Å². The fourth-order valence-corrected chi connectivity index (χ4v) is 2.32. The number of fused-ring (bicyclic) bond motifs is 1. The lowest BCUT2D eigenvalue weighted by Crippen LogP contribution is -2.32. The number of hydrogen-bond donors (Lipinski definition) is 0. The Morgan fingerprint density at radius 2 is 2.33 bits per heavy atom. The number of carbonyl (C=O) groups excluding carboxylic acids is 1. The summed E-state index contributed by atoms with van der Waals surface area (Å²) < 4.78 is 1.56. The molecular formula is C9H11N3O2S. The lowest BCUT2D eigenvalue weighted by atomic mass is 10.3. The molecule has 1 aliphatic heterocycles. The van der Waals surface area contributed by atoms with Gasteiger partial charge in [-0.05, 0) is 0 Å². The largest absolute Gasteiger partial charge is 0.345 e. The molecule has 0 saturated carbocycles. The Morgan fingerprint density at radius 1 is 1.60 bits per heavy atom. The molecule has 0 fully saturated rings. The molecule has 5 nitrogen and oxygen atoms in total. The van der Waals surface area contributed by atoms with E-state index >= 15 is 0 Å². The van der Waals surface area contributed by atoms with Crippen molar-refractivity contribution in [2.45, 2.75) is 11.7 Å². The van der Waals surface area contributed by atoms with Gasteiger partial charge < -0.3 is 4.90 Å². The number of carbonyl (C=O) groups is 1. The Kier molecular flexibility index (Phi) is 2.52. The summed E-state index contributed by atoms with van der Waals surface area (Å²) in [5.74, 6) is 0.557. The number of rotatable bonds is 1. The molecule has 0 radical (unpaired) electrons. The van der Waals surface area contributed by atoms with Crippen LogP contribution in [0.15, 0.2) is 16.1 Å². The SMILES string of the molecule is CN(C)C(=O)c1cnc2n(c1=O)CCS2. The second-order valence-corrected chi connectivity index (χ2v) is 4.52. The standard InChI is InChI=1S/C9H11N3O2S/c1-11(2)7(13)6-5-10-9-12(8(6)14)3-4-15-9/h5H,3-4H2,1-2H3. The van der Waals surface area contributed by atoms with E-state index in [0.29, 0.717) is 11.7 Å². The number of hydrogen-bond acceptors (Lipinski definition) is 4. The highest BCUT2D eigenvalue weighted by Gasteiger charge is 2.20. The van der Waals surface area contributed by atoms with Gasteiger partial charge in [-0.15, -0.1) is 0 Å². The van der Waals surface area contributed by atoms with Crippen LogP contribution in [0.5, 0.6) is 0 Å². The van der Waals surface area contributed by atoms with E-state index in [1.165, 1.54) is 22.9 Å². The van der Waals surface area contributed by atoms with E-state index in [9.17, 15) is 9.59 Å². The number of nitrogens with zero attached hydrogens (tertiary/aromatic N) is 3. The van der Waals surface area contributed by atoms with Gasteiger partial charge in [-0.2, -0.15) is 0 Å². The summed E-state index contributed by atoms with van der Waals surface area (Å²) in [6.07, 6.45) is 1.37. The minimum absolute atomic E-state index is 0.145. The Labute approximate surface area is 91.1 Å². The molecule has 0 unspecified atom stereocenters. The molecule has 0 aliphatic carbocycles. The van der Waals surface area contributed by atoms with Crippen LogP contribution in [0, 0.1) is 0 Å². The van der Waals surface area contributed by atoms with Gasteiger partial charge in [-0.25, -0.2) is 4.98 Å². The molecule has 0 aromatic carbocycles. The molecular weight excluding hydrogens is 214 g/mol. The van der Waals surface area contributed by atoms with Gasteiger partial charge in [0.15, 0.2) is 5.16 Å². The molecule has 1 aliphatic rings. The third kappa shape index (κ3) is 1.65. The molecule has 0 bridgehead atoms.